The Kier molecular flexibility index (Phi) is 4.52. The number of para-hydroxylation sites is 1. The van der Waals surface area contributed by atoms with Crippen molar-refractivity contribution in [3.8, 4) is 0 Å². The molecule has 0 aliphatic heterocycles. The molecular weight excluding hydrogens is 320 g/mol. The van der Waals surface area contributed by atoms with E-state index >= 15 is 0 Å². The summed E-state index contributed by atoms with van der Waals surface area (Å²) in [4.78, 5) is 10.6. The molecule has 2 aromatic rings. The molecule has 0 radical (unpaired) electrons. The first kappa shape index (κ1) is 14.7. The summed E-state index contributed by atoms with van der Waals surface area (Å²) in [6.45, 7) is 1.99. The molecule has 0 heterocycles. The van der Waals surface area contributed by atoms with Crippen molar-refractivity contribution in [3.63, 3.8) is 0 Å². The minimum absolute atomic E-state index is 0.117. The molecule has 0 aromatic heterocycles. The lowest BCUT2D eigenvalue weighted by atomic mass is 9.97. The van der Waals surface area contributed by atoms with Crippen LogP contribution in [0.25, 0.3) is 0 Å². The normalized spacial score (nSPS) is 12.2. The molecule has 2 rings (SSSR count). The lowest BCUT2D eigenvalue weighted by Gasteiger charge is -2.15. The van der Waals surface area contributed by atoms with Crippen molar-refractivity contribution in [2.45, 2.75) is 19.4 Å². The van der Waals surface area contributed by atoms with Gasteiger partial charge in [-0.2, -0.15) is 0 Å². The monoisotopic (exact) mass is 334 g/mol. The molecule has 1 unspecified atom stereocenters. The molecule has 2 aromatic carbocycles. The molecule has 0 spiro atoms. The van der Waals surface area contributed by atoms with E-state index in [1.165, 1.54) is 6.07 Å². The van der Waals surface area contributed by atoms with Crippen molar-refractivity contribution in [1.82, 2.24) is 0 Å². The number of nitro groups is 1. The summed E-state index contributed by atoms with van der Waals surface area (Å²) in [6.07, 6.45) is 0.430. The van der Waals surface area contributed by atoms with Gasteiger partial charge in [-0.15, -0.1) is 0 Å². The van der Waals surface area contributed by atoms with Crippen LogP contribution < -0.4 is 5.73 Å². The SMILES string of the molecule is Cc1cccc(C(N)Cc2ccccc2[N+](=O)[O-])c1Br. The third-order valence-corrected chi connectivity index (χ3v) is 4.33. The van der Waals surface area contributed by atoms with E-state index in [4.69, 9.17) is 5.73 Å². The highest BCUT2D eigenvalue weighted by Gasteiger charge is 2.18. The average Bonchev–Trinajstić information content (AvgIpc) is 2.42. The number of halogens is 1. The molecule has 2 N–H and O–H groups in total. The maximum Gasteiger partial charge on any atom is 0.272 e. The molecule has 0 aliphatic carbocycles. The molecule has 0 aliphatic rings. The Bertz CT molecular complexity index is 644. The van der Waals surface area contributed by atoms with Crippen LogP contribution in [0.15, 0.2) is 46.9 Å². The standard InChI is InChI=1S/C15H15BrN2O2/c1-10-5-4-7-12(15(10)16)13(17)9-11-6-2-3-8-14(11)18(19)20/h2-8,13H,9,17H2,1H3. The number of benzene rings is 2. The molecule has 4 nitrogen and oxygen atoms in total. The van der Waals surface area contributed by atoms with Gasteiger partial charge < -0.3 is 5.73 Å². The molecule has 0 saturated heterocycles. The van der Waals surface area contributed by atoms with Crippen LogP contribution in [0.4, 0.5) is 5.69 Å². The number of rotatable bonds is 4. The predicted octanol–water partition coefficient (Wildman–Crippen LogP) is 3.91. The van der Waals surface area contributed by atoms with Crippen molar-refractivity contribution in [2.24, 2.45) is 5.73 Å². The molecule has 0 fully saturated rings. The largest absolute Gasteiger partial charge is 0.324 e. The second-order valence-corrected chi connectivity index (χ2v) is 5.47. The van der Waals surface area contributed by atoms with E-state index < -0.39 is 0 Å². The van der Waals surface area contributed by atoms with Crippen molar-refractivity contribution < 1.29 is 4.92 Å². The van der Waals surface area contributed by atoms with E-state index in [1.807, 2.05) is 25.1 Å². The van der Waals surface area contributed by atoms with Crippen LogP contribution in [0.2, 0.25) is 0 Å². The summed E-state index contributed by atoms with van der Waals surface area (Å²) in [6, 6.07) is 12.3. The van der Waals surface area contributed by atoms with Crippen molar-refractivity contribution in [3.05, 3.63) is 73.7 Å². The number of aryl methyl sites for hydroxylation is 1. The molecule has 0 bridgehead atoms. The maximum atomic E-state index is 11.0. The van der Waals surface area contributed by atoms with E-state index in [1.54, 1.807) is 18.2 Å². The van der Waals surface area contributed by atoms with Crippen molar-refractivity contribution in [2.75, 3.05) is 0 Å². The highest BCUT2D eigenvalue weighted by molar-refractivity contribution is 9.10. The average molecular weight is 335 g/mol. The Labute approximate surface area is 125 Å². The quantitative estimate of drug-likeness (QED) is 0.680. The van der Waals surface area contributed by atoms with Gasteiger partial charge in [0.15, 0.2) is 0 Å². The van der Waals surface area contributed by atoms with Crippen molar-refractivity contribution >= 4 is 21.6 Å². The summed E-state index contributed by atoms with van der Waals surface area (Å²) in [5.41, 5.74) is 9.04. The number of hydrogen-bond acceptors (Lipinski definition) is 3. The fourth-order valence-electron chi connectivity index (χ4n) is 2.16. The van der Waals surface area contributed by atoms with Crippen LogP contribution >= 0.6 is 15.9 Å². The van der Waals surface area contributed by atoms with Gasteiger partial charge >= 0.3 is 0 Å². The topological polar surface area (TPSA) is 69.2 Å². The van der Waals surface area contributed by atoms with Gasteiger partial charge in [-0.3, -0.25) is 10.1 Å². The lowest BCUT2D eigenvalue weighted by Crippen LogP contribution is -2.15. The summed E-state index contributed by atoms with van der Waals surface area (Å²) >= 11 is 3.53. The van der Waals surface area contributed by atoms with E-state index in [0.29, 0.717) is 12.0 Å². The molecule has 104 valence electrons. The summed E-state index contributed by atoms with van der Waals surface area (Å²) in [5, 5.41) is 11.0. The number of nitrogens with two attached hydrogens (primary N) is 1. The van der Waals surface area contributed by atoms with Gasteiger partial charge in [-0.05, 0) is 24.5 Å². The highest BCUT2D eigenvalue weighted by atomic mass is 79.9. The van der Waals surface area contributed by atoms with Gasteiger partial charge in [-0.25, -0.2) is 0 Å². The van der Waals surface area contributed by atoms with E-state index in [2.05, 4.69) is 15.9 Å². The maximum absolute atomic E-state index is 11.0. The molecule has 0 amide bonds. The molecular formula is C15H15BrN2O2. The van der Waals surface area contributed by atoms with Gasteiger partial charge in [0.2, 0.25) is 0 Å². The van der Waals surface area contributed by atoms with Crippen LogP contribution in [0.1, 0.15) is 22.7 Å². The van der Waals surface area contributed by atoms with Crippen LogP contribution in [0.3, 0.4) is 0 Å². The van der Waals surface area contributed by atoms with Crippen LogP contribution in [-0.4, -0.2) is 4.92 Å². The Morgan fingerprint density at radius 2 is 1.95 bits per heavy atom. The Hall–Kier alpha value is -1.72. The zero-order valence-corrected chi connectivity index (χ0v) is 12.6. The Balaban J connectivity index is 2.30. The molecule has 0 saturated carbocycles. The van der Waals surface area contributed by atoms with Gasteiger partial charge in [0.1, 0.15) is 0 Å². The van der Waals surface area contributed by atoms with E-state index in [0.717, 1.165) is 15.6 Å². The summed E-state index contributed by atoms with van der Waals surface area (Å²) < 4.78 is 0.964. The Morgan fingerprint density at radius 1 is 1.25 bits per heavy atom. The highest BCUT2D eigenvalue weighted by Crippen LogP contribution is 2.29. The second kappa shape index (κ2) is 6.15. The van der Waals surface area contributed by atoms with Gasteiger partial charge in [0.25, 0.3) is 5.69 Å². The number of nitro benzene ring substituents is 1. The van der Waals surface area contributed by atoms with Crippen LogP contribution in [-0.2, 0) is 6.42 Å². The number of nitrogens with zero attached hydrogens (tertiary/aromatic N) is 1. The molecule has 5 heteroatoms. The zero-order chi connectivity index (χ0) is 14.7. The smallest absolute Gasteiger partial charge is 0.272 e. The second-order valence-electron chi connectivity index (χ2n) is 4.67. The summed E-state index contributed by atoms with van der Waals surface area (Å²) in [7, 11) is 0. The zero-order valence-electron chi connectivity index (χ0n) is 11.0. The first-order chi connectivity index (χ1) is 9.50. The van der Waals surface area contributed by atoms with Gasteiger partial charge in [-0.1, -0.05) is 52.3 Å². The minimum Gasteiger partial charge on any atom is -0.324 e. The van der Waals surface area contributed by atoms with Crippen LogP contribution in [0, 0.1) is 17.0 Å². The number of hydrogen-bond donors (Lipinski definition) is 1. The molecule has 1 atom stereocenters. The third kappa shape index (κ3) is 3.05. The fourth-order valence-corrected chi connectivity index (χ4v) is 2.72. The first-order valence-electron chi connectivity index (χ1n) is 6.23. The third-order valence-electron chi connectivity index (χ3n) is 3.25. The predicted molar refractivity (Wildman–Crippen MR) is 82.6 cm³/mol. The van der Waals surface area contributed by atoms with E-state index in [-0.39, 0.29) is 16.7 Å². The molecule has 20 heavy (non-hydrogen) atoms. The van der Waals surface area contributed by atoms with Gasteiger partial charge in [0, 0.05) is 22.1 Å². The van der Waals surface area contributed by atoms with E-state index in [9.17, 15) is 10.1 Å². The lowest BCUT2D eigenvalue weighted by molar-refractivity contribution is -0.385. The Morgan fingerprint density at radius 3 is 2.65 bits per heavy atom. The minimum atomic E-state index is -0.368. The first-order valence-corrected chi connectivity index (χ1v) is 7.03. The van der Waals surface area contributed by atoms with Gasteiger partial charge in [0.05, 0.1) is 4.92 Å². The summed E-state index contributed by atoms with van der Waals surface area (Å²) in [5.74, 6) is 0. The van der Waals surface area contributed by atoms with Crippen molar-refractivity contribution in [1.29, 1.82) is 0 Å². The van der Waals surface area contributed by atoms with Crippen LogP contribution in [0.5, 0.6) is 0 Å². The fraction of sp³-hybridized carbons (Fsp3) is 0.200.